The van der Waals surface area contributed by atoms with Crippen LogP contribution in [0.5, 0.6) is 11.6 Å². The molecule has 1 aromatic heterocycles. The fourth-order valence-electron chi connectivity index (χ4n) is 2.14. The van der Waals surface area contributed by atoms with Crippen molar-refractivity contribution < 1.29 is 9.53 Å². The van der Waals surface area contributed by atoms with Crippen LogP contribution in [0.25, 0.3) is 0 Å². The van der Waals surface area contributed by atoms with E-state index in [-0.39, 0.29) is 5.78 Å². The van der Waals surface area contributed by atoms with E-state index in [1.54, 1.807) is 6.07 Å². The summed E-state index contributed by atoms with van der Waals surface area (Å²) in [7, 11) is 0. The molecule has 0 bridgehead atoms. The number of carbonyl (C=O) groups excluding carboxylic acids is 1. The lowest BCUT2D eigenvalue weighted by atomic mass is 9.95. The molecule has 90 valence electrons. The standard InChI is InChI=1S/C15H13NO2/c17-14-8-4-7-13-12(14)9-10-15(16-13)18-11-5-2-1-3-6-11/h1-3,5-6,9-10H,4,7-8H2. The highest BCUT2D eigenvalue weighted by Gasteiger charge is 2.18. The first kappa shape index (κ1) is 11.0. The number of ether oxygens (including phenoxy) is 1. The van der Waals surface area contributed by atoms with Crippen LogP contribution in [0, 0.1) is 0 Å². The fraction of sp³-hybridized carbons (Fsp3) is 0.200. The predicted octanol–water partition coefficient (Wildman–Crippen LogP) is 3.39. The summed E-state index contributed by atoms with van der Waals surface area (Å²) in [5.41, 5.74) is 1.61. The van der Waals surface area contributed by atoms with Crippen molar-refractivity contribution in [1.29, 1.82) is 0 Å². The van der Waals surface area contributed by atoms with E-state index in [1.807, 2.05) is 36.4 Å². The summed E-state index contributed by atoms with van der Waals surface area (Å²) in [6.45, 7) is 0. The molecule has 18 heavy (non-hydrogen) atoms. The Hall–Kier alpha value is -2.16. The molecule has 3 rings (SSSR count). The summed E-state index contributed by atoms with van der Waals surface area (Å²) in [6.07, 6.45) is 2.37. The lowest BCUT2D eigenvalue weighted by Crippen LogP contribution is -2.12. The van der Waals surface area contributed by atoms with Crippen LogP contribution >= 0.6 is 0 Å². The van der Waals surface area contributed by atoms with Crippen LogP contribution in [-0.4, -0.2) is 10.8 Å². The van der Waals surface area contributed by atoms with Crippen LogP contribution in [0.3, 0.4) is 0 Å². The molecule has 2 aromatic rings. The molecule has 1 aliphatic rings. The molecule has 1 aliphatic carbocycles. The molecule has 0 amide bonds. The number of Topliss-reactive ketones (excluding diaryl/α,β-unsaturated/α-hetero) is 1. The maximum atomic E-state index is 11.7. The maximum absolute atomic E-state index is 11.7. The van der Waals surface area contributed by atoms with Crippen LogP contribution in [0.1, 0.15) is 28.9 Å². The minimum Gasteiger partial charge on any atom is -0.439 e. The summed E-state index contributed by atoms with van der Waals surface area (Å²) in [4.78, 5) is 16.1. The first-order valence-corrected chi connectivity index (χ1v) is 6.09. The number of rotatable bonds is 2. The number of nitrogens with zero attached hydrogens (tertiary/aromatic N) is 1. The molecule has 0 radical (unpaired) electrons. The van der Waals surface area contributed by atoms with Gasteiger partial charge in [0.2, 0.25) is 5.88 Å². The summed E-state index contributed by atoms with van der Waals surface area (Å²) < 4.78 is 5.66. The Morgan fingerprint density at radius 3 is 2.67 bits per heavy atom. The van der Waals surface area contributed by atoms with Gasteiger partial charge in [-0.25, -0.2) is 4.98 Å². The Morgan fingerprint density at radius 2 is 1.83 bits per heavy atom. The molecule has 3 nitrogen and oxygen atoms in total. The zero-order valence-corrected chi connectivity index (χ0v) is 9.93. The van der Waals surface area contributed by atoms with E-state index in [9.17, 15) is 4.79 Å². The molecule has 0 atom stereocenters. The van der Waals surface area contributed by atoms with E-state index in [2.05, 4.69) is 4.98 Å². The van der Waals surface area contributed by atoms with Crippen molar-refractivity contribution >= 4 is 5.78 Å². The van der Waals surface area contributed by atoms with E-state index < -0.39 is 0 Å². The number of para-hydroxylation sites is 1. The Morgan fingerprint density at radius 1 is 1.00 bits per heavy atom. The molecular weight excluding hydrogens is 226 g/mol. The average Bonchev–Trinajstić information content (AvgIpc) is 2.40. The molecule has 0 unspecified atom stereocenters. The normalized spacial score (nSPS) is 14.1. The number of aromatic nitrogens is 1. The molecule has 0 saturated carbocycles. The fourth-order valence-corrected chi connectivity index (χ4v) is 2.14. The zero-order valence-electron chi connectivity index (χ0n) is 9.93. The van der Waals surface area contributed by atoms with Gasteiger partial charge in [-0.2, -0.15) is 0 Å². The molecule has 1 aromatic carbocycles. The van der Waals surface area contributed by atoms with Gasteiger partial charge in [-0.15, -0.1) is 0 Å². The smallest absolute Gasteiger partial charge is 0.219 e. The molecule has 0 aliphatic heterocycles. The van der Waals surface area contributed by atoms with Gasteiger partial charge >= 0.3 is 0 Å². The number of carbonyl (C=O) groups is 1. The Labute approximate surface area is 105 Å². The molecular formula is C15H13NO2. The summed E-state index contributed by atoms with van der Waals surface area (Å²) >= 11 is 0. The highest BCUT2D eigenvalue weighted by molar-refractivity contribution is 5.98. The maximum Gasteiger partial charge on any atom is 0.219 e. The van der Waals surface area contributed by atoms with Gasteiger partial charge in [-0.05, 0) is 31.0 Å². The number of ketones is 1. The monoisotopic (exact) mass is 239 g/mol. The zero-order chi connectivity index (χ0) is 12.4. The van der Waals surface area contributed by atoms with E-state index in [4.69, 9.17) is 4.74 Å². The van der Waals surface area contributed by atoms with Crippen molar-refractivity contribution in [2.45, 2.75) is 19.3 Å². The predicted molar refractivity (Wildman–Crippen MR) is 68.0 cm³/mol. The molecule has 0 spiro atoms. The van der Waals surface area contributed by atoms with Gasteiger partial charge in [0.15, 0.2) is 5.78 Å². The summed E-state index contributed by atoms with van der Waals surface area (Å²) in [5.74, 6) is 1.50. The van der Waals surface area contributed by atoms with Crippen LogP contribution in [0.15, 0.2) is 42.5 Å². The summed E-state index contributed by atoms with van der Waals surface area (Å²) in [6, 6.07) is 13.1. The molecule has 0 saturated heterocycles. The van der Waals surface area contributed by atoms with Gasteiger partial charge in [0.05, 0.1) is 5.69 Å². The Balaban J connectivity index is 1.89. The minimum atomic E-state index is 0.190. The molecule has 1 heterocycles. The average molecular weight is 239 g/mol. The van der Waals surface area contributed by atoms with Gasteiger partial charge < -0.3 is 4.74 Å². The van der Waals surface area contributed by atoms with E-state index >= 15 is 0 Å². The second kappa shape index (κ2) is 4.61. The molecule has 0 fully saturated rings. The van der Waals surface area contributed by atoms with Crippen molar-refractivity contribution in [3.63, 3.8) is 0 Å². The van der Waals surface area contributed by atoms with Gasteiger partial charge in [0.25, 0.3) is 0 Å². The van der Waals surface area contributed by atoms with Gasteiger partial charge in [-0.1, -0.05) is 18.2 Å². The van der Waals surface area contributed by atoms with Crippen molar-refractivity contribution in [3.8, 4) is 11.6 Å². The Bertz CT molecular complexity index is 578. The van der Waals surface area contributed by atoms with Crippen molar-refractivity contribution in [2.24, 2.45) is 0 Å². The molecule has 0 N–H and O–H groups in total. The number of aryl methyl sites for hydroxylation is 1. The topological polar surface area (TPSA) is 39.2 Å². The highest BCUT2D eigenvalue weighted by atomic mass is 16.5. The Kier molecular flexibility index (Phi) is 2.81. The second-order valence-electron chi connectivity index (χ2n) is 4.34. The third-order valence-corrected chi connectivity index (χ3v) is 3.03. The van der Waals surface area contributed by atoms with Crippen LogP contribution < -0.4 is 4.74 Å². The van der Waals surface area contributed by atoms with Crippen LogP contribution in [0.2, 0.25) is 0 Å². The number of pyridine rings is 1. The third-order valence-electron chi connectivity index (χ3n) is 3.03. The first-order valence-electron chi connectivity index (χ1n) is 6.09. The summed E-state index contributed by atoms with van der Waals surface area (Å²) in [5, 5.41) is 0. The SMILES string of the molecule is O=C1CCCc2nc(Oc3ccccc3)ccc21. The van der Waals surface area contributed by atoms with Crippen molar-refractivity contribution in [2.75, 3.05) is 0 Å². The number of fused-ring (bicyclic) bond motifs is 1. The van der Waals surface area contributed by atoms with E-state index in [1.165, 1.54) is 0 Å². The lowest BCUT2D eigenvalue weighted by Gasteiger charge is -2.14. The van der Waals surface area contributed by atoms with Crippen molar-refractivity contribution in [3.05, 3.63) is 53.7 Å². The number of hydrogen-bond donors (Lipinski definition) is 0. The third kappa shape index (κ3) is 2.12. The van der Waals surface area contributed by atoms with Crippen molar-refractivity contribution in [1.82, 2.24) is 4.98 Å². The number of hydrogen-bond acceptors (Lipinski definition) is 3. The van der Waals surface area contributed by atoms with Gasteiger partial charge in [-0.3, -0.25) is 4.79 Å². The lowest BCUT2D eigenvalue weighted by molar-refractivity contribution is 0.0971. The minimum absolute atomic E-state index is 0.190. The quantitative estimate of drug-likeness (QED) is 0.806. The first-order chi connectivity index (χ1) is 8.83. The largest absolute Gasteiger partial charge is 0.439 e. The van der Waals surface area contributed by atoms with Crippen LogP contribution in [0.4, 0.5) is 0 Å². The number of benzene rings is 1. The second-order valence-corrected chi connectivity index (χ2v) is 4.34. The van der Waals surface area contributed by atoms with E-state index in [0.29, 0.717) is 12.3 Å². The highest BCUT2D eigenvalue weighted by Crippen LogP contribution is 2.24. The van der Waals surface area contributed by atoms with Gasteiger partial charge in [0, 0.05) is 18.1 Å². The van der Waals surface area contributed by atoms with E-state index in [0.717, 1.165) is 29.8 Å². The van der Waals surface area contributed by atoms with Gasteiger partial charge in [0.1, 0.15) is 5.75 Å². The molecule has 3 heteroatoms. The van der Waals surface area contributed by atoms with Crippen LogP contribution in [-0.2, 0) is 6.42 Å².